The van der Waals surface area contributed by atoms with Crippen LogP contribution in [-0.2, 0) is 14.6 Å². The third kappa shape index (κ3) is 4.75. The van der Waals surface area contributed by atoms with Gasteiger partial charge in [0.05, 0.1) is 20.9 Å². The van der Waals surface area contributed by atoms with Crippen molar-refractivity contribution in [3.63, 3.8) is 0 Å². The molecule has 0 saturated carbocycles. The number of aromatic nitrogens is 1. The number of rotatable bonds is 7. The van der Waals surface area contributed by atoms with E-state index in [1.807, 2.05) is 48.5 Å². The van der Waals surface area contributed by atoms with E-state index in [1.54, 1.807) is 41.7 Å². The molecule has 0 aliphatic rings. The van der Waals surface area contributed by atoms with E-state index in [0.29, 0.717) is 5.69 Å². The Bertz CT molecular complexity index is 1230. The van der Waals surface area contributed by atoms with Gasteiger partial charge in [-0.05, 0) is 55.0 Å². The van der Waals surface area contributed by atoms with Crippen molar-refractivity contribution in [3.05, 3.63) is 78.9 Å². The summed E-state index contributed by atoms with van der Waals surface area (Å²) >= 11 is 1.63. The number of anilines is 1. The molecule has 1 heterocycles. The molecular formula is C23H20N2O3S2. The summed E-state index contributed by atoms with van der Waals surface area (Å²) < 4.78 is 25.7. The molecule has 1 amide bonds. The average Bonchev–Trinajstić information content (AvgIpc) is 3.19. The highest BCUT2D eigenvalue weighted by molar-refractivity contribution is 7.91. The Hall–Kier alpha value is -3.03. The van der Waals surface area contributed by atoms with E-state index in [2.05, 4.69) is 10.3 Å². The van der Waals surface area contributed by atoms with Crippen LogP contribution < -0.4 is 5.32 Å². The first-order valence-corrected chi connectivity index (χ1v) is 12.0. The molecule has 4 aromatic rings. The van der Waals surface area contributed by atoms with Gasteiger partial charge in [0, 0.05) is 17.7 Å². The smallest absolute Gasteiger partial charge is 0.224 e. The molecule has 0 fully saturated rings. The lowest BCUT2D eigenvalue weighted by atomic mass is 10.2. The van der Waals surface area contributed by atoms with Crippen molar-refractivity contribution in [1.29, 1.82) is 0 Å². The van der Waals surface area contributed by atoms with Crippen molar-refractivity contribution in [2.45, 2.75) is 17.7 Å². The van der Waals surface area contributed by atoms with Crippen LogP contribution in [0.2, 0.25) is 0 Å². The lowest BCUT2D eigenvalue weighted by Crippen LogP contribution is -2.14. The van der Waals surface area contributed by atoms with Crippen LogP contribution in [0.5, 0.6) is 0 Å². The standard InChI is InChI=1S/C23H20N2O3S2/c26-22(11-6-16-30(27,28)19-7-2-1-3-8-19)24-18-14-12-17(13-15-18)23-25-20-9-4-5-10-21(20)29-23/h1-5,7-10,12-15H,6,11,16H2,(H,24,26). The summed E-state index contributed by atoms with van der Waals surface area (Å²) in [5.74, 6) is -0.257. The highest BCUT2D eigenvalue weighted by Crippen LogP contribution is 2.30. The summed E-state index contributed by atoms with van der Waals surface area (Å²) in [6.07, 6.45) is 0.415. The van der Waals surface area contributed by atoms with Gasteiger partial charge in [-0.3, -0.25) is 4.79 Å². The zero-order chi connectivity index (χ0) is 21.0. The SMILES string of the molecule is O=C(CCCS(=O)(=O)c1ccccc1)Nc1ccc(-c2nc3ccccc3s2)cc1. The van der Waals surface area contributed by atoms with E-state index in [-0.39, 0.29) is 29.4 Å². The Labute approximate surface area is 179 Å². The van der Waals surface area contributed by atoms with Crippen molar-refractivity contribution in [2.75, 3.05) is 11.1 Å². The molecule has 0 atom stereocenters. The molecule has 4 rings (SSSR count). The minimum absolute atomic E-state index is 0.0546. The van der Waals surface area contributed by atoms with Gasteiger partial charge in [0.25, 0.3) is 0 Å². The number of para-hydroxylation sites is 1. The van der Waals surface area contributed by atoms with Crippen molar-refractivity contribution < 1.29 is 13.2 Å². The van der Waals surface area contributed by atoms with Crippen LogP contribution in [0, 0.1) is 0 Å². The number of hydrogen-bond donors (Lipinski definition) is 1. The zero-order valence-electron chi connectivity index (χ0n) is 16.1. The summed E-state index contributed by atoms with van der Waals surface area (Å²) in [5.41, 5.74) is 2.64. The van der Waals surface area contributed by atoms with Gasteiger partial charge in [-0.2, -0.15) is 0 Å². The van der Waals surface area contributed by atoms with Crippen LogP contribution in [0.1, 0.15) is 12.8 Å². The van der Waals surface area contributed by atoms with Crippen molar-refractivity contribution in [2.24, 2.45) is 0 Å². The van der Waals surface area contributed by atoms with Gasteiger partial charge in [-0.15, -0.1) is 11.3 Å². The van der Waals surface area contributed by atoms with Crippen LogP contribution in [-0.4, -0.2) is 25.1 Å². The number of nitrogens with one attached hydrogen (secondary N) is 1. The number of fused-ring (bicyclic) bond motifs is 1. The minimum atomic E-state index is -3.36. The van der Waals surface area contributed by atoms with Crippen LogP contribution in [0.4, 0.5) is 5.69 Å². The maximum atomic E-state index is 12.3. The first-order chi connectivity index (χ1) is 14.5. The number of sulfone groups is 1. The fourth-order valence-corrected chi connectivity index (χ4v) is 5.39. The molecule has 5 nitrogen and oxygen atoms in total. The third-order valence-corrected chi connectivity index (χ3v) is 7.53. The van der Waals surface area contributed by atoms with Crippen LogP contribution >= 0.6 is 11.3 Å². The Balaban J connectivity index is 1.32. The summed E-state index contributed by atoms with van der Waals surface area (Å²) in [6.45, 7) is 0. The second-order valence-electron chi connectivity index (χ2n) is 6.85. The molecule has 3 aromatic carbocycles. The Kier molecular flexibility index (Phi) is 5.92. The van der Waals surface area contributed by atoms with E-state index in [4.69, 9.17) is 0 Å². The predicted octanol–water partition coefficient (Wildman–Crippen LogP) is 5.16. The van der Waals surface area contributed by atoms with Gasteiger partial charge in [0.1, 0.15) is 5.01 Å². The van der Waals surface area contributed by atoms with Gasteiger partial charge in [0.15, 0.2) is 9.84 Å². The van der Waals surface area contributed by atoms with Gasteiger partial charge < -0.3 is 5.32 Å². The summed E-state index contributed by atoms with van der Waals surface area (Å²) in [4.78, 5) is 17.1. The molecule has 1 N–H and O–H groups in total. The van der Waals surface area contributed by atoms with Crippen molar-refractivity contribution in [1.82, 2.24) is 4.98 Å². The Morgan fingerprint density at radius 2 is 1.60 bits per heavy atom. The average molecular weight is 437 g/mol. The fourth-order valence-electron chi connectivity index (χ4n) is 3.08. The number of hydrogen-bond acceptors (Lipinski definition) is 5. The normalized spacial score (nSPS) is 11.5. The first-order valence-electron chi connectivity index (χ1n) is 9.55. The second-order valence-corrected chi connectivity index (χ2v) is 9.99. The molecule has 1 aromatic heterocycles. The largest absolute Gasteiger partial charge is 0.326 e. The molecule has 7 heteroatoms. The molecule has 0 radical (unpaired) electrons. The number of carbonyl (C=O) groups is 1. The Morgan fingerprint density at radius 3 is 2.33 bits per heavy atom. The molecule has 0 aliphatic heterocycles. The first kappa shape index (κ1) is 20.3. The molecule has 30 heavy (non-hydrogen) atoms. The number of carbonyl (C=O) groups excluding carboxylic acids is 1. The number of amides is 1. The fraction of sp³-hybridized carbons (Fsp3) is 0.130. The van der Waals surface area contributed by atoms with Gasteiger partial charge in [-0.25, -0.2) is 13.4 Å². The summed E-state index contributed by atoms with van der Waals surface area (Å²) in [7, 11) is -3.36. The molecule has 0 spiro atoms. The molecule has 0 aliphatic carbocycles. The molecule has 0 bridgehead atoms. The van der Waals surface area contributed by atoms with Crippen LogP contribution in [0.15, 0.2) is 83.8 Å². The monoisotopic (exact) mass is 436 g/mol. The number of nitrogens with zero attached hydrogens (tertiary/aromatic N) is 1. The van der Waals surface area contributed by atoms with E-state index < -0.39 is 9.84 Å². The lowest BCUT2D eigenvalue weighted by Gasteiger charge is -2.07. The van der Waals surface area contributed by atoms with Crippen molar-refractivity contribution >= 4 is 43.0 Å². The lowest BCUT2D eigenvalue weighted by molar-refractivity contribution is -0.116. The maximum absolute atomic E-state index is 12.3. The highest BCUT2D eigenvalue weighted by atomic mass is 32.2. The second kappa shape index (κ2) is 8.77. The topological polar surface area (TPSA) is 76.1 Å². The van der Waals surface area contributed by atoms with E-state index in [0.717, 1.165) is 20.8 Å². The van der Waals surface area contributed by atoms with Crippen molar-refractivity contribution in [3.8, 4) is 10.6 Å². The minimum Gasteiger partial charge on any atom is -0.326 e. The van der Waals surface area contributed by atoms with Gasteiger partial charge in [0.2, 0.25) is 5.91 Å². The predicted molar refractivity (Wildman–Crippen MR) is 121 cm³/mol. The van der Waals surface area contributed by atoms with Gasteiger partial charge in [-0.1, -0.05) is 30.3 Å². The molecule has 152 valence electrons. The molecular weight excluding hydrogens is 416 g/mol. The van der Waals surface area contributed by atoms with E-state index in [9.17, 15) is 13.2 Å². The van der Waals surface area contributed by atoms with Crippen LogP contribution in [0.3, 0.4) is 0 Å². The molecule has 0 unspecified atom stereocenters. The number of benzene rings is 3. The summed E-state index contributed by atoms with van der Waals surface area (Å²) in [5, 5.41) is 3.75. The van der Waals surface area contributed by atoms with E-state index in [1.165, 1.54) is 0 Å². The van der Waals surface area contributed by atoms with Crippen LogP contribution in [0.25, 0.3) is 20.8 Å². The van der Waals surface area contributed by atoms with E-state index >= 15 is 0 Å². The number of thiazole rings is 1. The maximum Gasteiger partial charge on any atom is 0.224 e. The molecule has 0 saturated heterocycles. The van der Waals surface area contributed by atoms with Gasteiger partial charge >= 0.3 is 0 Å². The third-order valence-electron chi connectivity index (χ3n) is 4.63. The summed E-state index contributed by atoms with van der Waals surface area (Å²) in [6, 6.07) is 23.8. The quantitative estimate of drug-likeness (QED) is 0.434. The highest BCUT2D eigenvalue weighted by Gasteiger charge is 2.14. The Morgan fingerprint density at radius 1 is 0.900 bits per heavy atom. The zero-order valence-corrected chi connectivity index (χ0v) is 17.7.